The number of nitrogens with zero attached hydrogens (tertiary/aromatic N) is 1. The summed E-state index contributed by atoms with van der Waals surface area (Å²) in [4.78, 5) is 23.3. The molecule has 3 aromatic rings. The molecule has 1 N–H and O–H groups in total. The van der Waals surface area contributed by atoms with Gasteiger partial charge in [0.15, 0.2) is 11.5 Å². The van der Waals surface area contributed by atoms with Crippen LogP contribution in [-0.2, 0) is 17.8 Å². The van der Waals surface area contributed by atoms with Crippen LogP contribution in [0.15, 0.2) is 48.7 Å². The number of hydrogen-bond donors (Lipinski definition) is 1. The van der Waals surface area contributed by atoms with E-state index in [1.807, 2.05) is 36.5 Å². The lowest BCUT2D eigenvalue weighted by atomic mass is 10.0. The Morgan fingerprint density at radius 1 is 1.07 bits per heavy atom. The fourth-order valence-corrected chi connectivity index (χ4v) is 4.35. The van der Waals surface area contributed by atoms with E-state index in [1.54, 1.807) is 14.2 Å². The highest BCUT2D eigenvalue weighted by atomic mass is 32.2. The summed E-state index contributed by atoms with van der Waals surface area (Å²) in [7, 11) is 3.25. The Hall–Kier alpha value is -2.93. The zero-order valence-corrected chi connectivity index (χ0v) is 16.4. The van der Waals surface area contributed by atoms with Crippen molar-refractivity contribution in [2.24, 2.45) is 0 Å². The van der Waals surface area contributed by atoms with Crippen LogP contribution >= 0.6 is 11.8 Å². The smallest absolute Gasteiger partial charge is 0.286 e. The van der Waals surface area contributed by atoms with Crippen molar-refractivity contribution in [2.75, 3.05) is 14.2 Å². The number of rotatable bonds is 6. The Labute approximate surface area is 166 Å². The van der Waals surface area contributed by atoms with Crippen LogP contribution in [0.2, 0.25) is 0 Å². The van der Waals surface area contributed by atoms with E-state index in [1.165, 1.54) is 0 Å². The van der Waals surface area contributed by atoms with E-state index in [0.29, 0.717) is 24.5 Å². The summed E-state index contributed by atoms with van der Waals surface area (Å²) in [6, 6.07) is 14.0. The van der Waals surface area contributed by atoms with Crippen molar-refractivity contribution in [3.63, 3.8) is 0 Å². The van der Waals surface area contributed by atoms with Crippen molar-refractivity contribution in [3.8, 4) is 11.5 Å². The molecule has 1 unspecified atom stereocenters. The Bertz CT molecular complexity index is 1060. The molecule has 1 aromatic heterocycles. The minimum absolute atomic E-state index is 0.211. The van der Waals surface area contributed by atoms with Gasteiger partial charge in [0, 0.05) is 23.6 Å². The zero-order valence-electron chi connectivity index (χ0n) is 15.6. The molecule has 1 atom stereocenters. The monoisotopic (exact) mass is 396 g/mol. The van der Waals surface area contributed by atoms with E-state index in [9.17, 15) is 9.59 Å². The third-order valence-electron chi connectivity index (χ3n) is 4.88. The molecular weight excluding hydrogens is 376 g/mol. The number of amides is 2. The third-order valence-corrected chi connectivity index (χ3v) is 5.86. The minimum Gasteiger partial charge on any atom is -0.493 e. The first-order valence-electron chi connectivity index (χ1n) is 8.88. The first-order valence-corrected chi connectivity index (χ1v) is 9.76. The summed E-state index contributed by atoms with van der Waals surface area (Å²) in [5, 5.41) is 2.81. The van der Waals surface area contributed by atoms with Crippen LogP contribution in [0.1, 0.15) is 11.1 Å². The molecule has 144 valence electrons. The standard InChI is InChI=1S/C21H20N2O4S/c1-26-17-7-6-13(10-18(17)27-2)12-23-9-8-15-14(4-3-5-16(15)23)11-19-20(24)22-21(25)28-19/h3-10,19H,11-12H2,1-2H3,(H,22,24,25). The van der Waals surface area contributed by atoms with E-state index < -0.39 is 0 Å². The molecule has 1 fully saturated rings. The maximum Gasteiger partial charge on any atom is 0.286 e. The maximum absolute atomic E-state index is 11.9. The third kappa shape index (κ3) is 3.45. The second-order valence-corrected chi connectivity index (χ2v) is 7.75. The lowest BCUT2D eigenvalue weighted by molar-refractivity contribution is -0.118. The van der Waals surface area contributed by atoms with E-state index in [-0.39, 0.29) is 16.4 Å². The van der Waals surface area contributed by atoms with Gasteiger partial charge < -0.3 is 14.0 Å². The molecule has 1 aliphatic heterocycles. The molecule has 0 aliphatic carbocycles. The molecule has 28 heavy (non-hydrogen) atoms. The second kappa shape index (κ2) is 7.59. The number of aromatic nitrogens is 1. The summed E-state index contributed by atoms with van der Waals surface area (Å²) in [6.07, 6.45) is 2.57. The van der Waals surface area contributed by atoms with Gasteiger partial charge in [-0.1, -0.05) is 30.0 Å². The van der Waals surface area contributed by atoms with Crippen LogP contribution in [0.3, 0.4) is 0 Å². The van der Waals surface area contributed by atoms with Crippen LogP contribution in [0.5, 0.6) is 11.5 Å². The zero-order chi connectivity index (χ0) is 19.7. The van der Waals surface area contributed by atoms with E-state index in [2.05, 4.69) is 22.0 Å². The van der Waals surface area contributed by atoms with Gasteiger partial charge in [0.05, 0.1) is 19.5 Å². The van der Waals surface area contributed by atoms with Crippen molar-refractivity contribution in [1.29, 1.82) is 0 Å². The van der Waals surface area contributed by atoms with Gasteiger partial charge in [0.1, 0.15) is 0 Å². The Kier molecular flexibility index (Phi) is 5.00. The molecule has 2 aromatic carbocycles. The fraction of sp³-hybridized carbons (Fsp3) is 0.238. The van der Waals surface area contributed by atoms with Crippen LogP contribution in [0, 0.1) is 0 Å². The molecule has 2 heterocycles. The maximum atomic E-state index is 11.9. The average molecular weight is 396 g/mol. The van der Waals surface area contributed by atoms with Crippen LogP contribution < -0.4 is 14.8 Å². The largest absolute Gasteiger partial charge is 0.493 e. The van der Waals surface area contributed by atoms with Gasteiger partial charge >= 0.3 is 0 Å². The first-order chi connectivity index (χ1) is 13.6. The van der Waals surface area contributed by atoms with Crippen LogP contribution in [0.4, 0.5) is 4.79 Å². The van der Waals surface area contributed by atoms with Crippen LogP contribution in [0.25, 0.3) is 10.9 Å². The highest BCUT2D eigenvalue weighted by molar-refractivity contribution is 8.15. The first kappa shape index (κ1) is 18.4. The van der Waals surface area contributed by atoms with Gasteiger partial charge in [-0.3, -0.25) is 14.9 Å². The fourth-order valence-electron chi connectivity index (χ4n) is 3.51. The van der Waals surface area contributed by atoms with Gasteiger partial charge in [-0.15, -0.1) is 0 Å². The topological polar surface area (TPSA) is 69.6 Å². The van der Waals surface area contributed by atoms with Crippen molar-refractivity contribution >= 4 is 33.8 Å². The molecule has 6 nitrogen and oxygen atoms in total. The number of carbonyl (C=O) groups excluding carboxylic acids is 2. The number of nitrogens with one attached hydrogen (secondary N) is 1. The number of methoxy groups -OCH3 is 2. The van der Waals surface area contributed by atoms with Crippen LogP contribution in [-0.4, -0.2) is 35.2 Å². The molecule has 1 aliphatic rings. The van der Waals surface area contributed by atoms with E-state index in [4.69, 9.17) is 9.47 Å². The molecule has 0 saturated carbocycles. The minimum atomic E-state index is -0.368. The van der Waals surface area contributed by atoms with Crippen molar-refractivity contribution in [3.05, 3.63) is 59.8 Å². The molecule has 0 spiro atoms. The number of fused-ring (bicyclic) bond motifs is 1. The van der Waals surface area contributed by atoms with Gasteiger partial charge in [0.2, 0.25) is 5.91 Å². The summed E-state index contributed by atoms with van der Waals surface area (Å²) in [6.45, 7) is 0.685. The second-order valence-electron chi connectivity index (χ2n) is 6.57. The van der Waals surface area contributed by atoms with E-state index >= 15 is 0 Å². The van der Waals surface area contributed by atoms with Gasteiger partial charge in [0.25, 0.3) is 5.24 Å². The normalized spacial score (nSPS) is 16.4. The quantitative estimate of drug-likeness (QED) is 0.689. The summed E-state index contributed by atoms with van der Waals surface area (Å²) in [5.74, 6) is 1.19. The summed E-state index contributed by atoms with van der Waals surface area (Å²) in [5.41, 5.74) is 3.24. The lowest BCUT2D eigenvalue weighted by Gasteiger charge is -2.12. The number of imide groups is 1. The van der Waals surface area contributed by atoms with Crippen molar-refractivity contribution in [1.82, 2.24) is 9.88 Å². The SMILES string of the molecule is COc1ccc(Cn2ccc3c(CC4SC(=O)NC4=O)cccc32)cc1OC. The lowest BCUT2D eigenvalue weighted by Crippen LogP contribution is -2.25. The number of ether oxygens (including phenoxy) is 2. The predicted octanol–water partition coefficient (Wildman–Crippen LogP) is 3.60. The Balaban J connectivity index is 1.61. The molecule has 0 radical (unpaired) electrons. The van der Waals surface area contributed by atoms with Gasteiger partial charge in [-0.25, -0.2) is 0 Å². The summed E-state index contributed by atoms with van der Waals surface area (Å²) < 4.78 is 12.9. The number of benzene rings is 2. The molecule has 7 heteroatoms. The van der Waals surface area contributed by atoms with Crippen molar-refractivity contribution < 1.29 is 19.1 Å². The van der Waals surface area contributed by atoms with E-state index in [0.717, 1.165) is 33.8 Å². The Morgan fingerprint density at radius 2 is 1.89 bits per heavy atom. The highest BCUT2D eigenvalue weighted by Crippen LogP contribution is 2.30. The number of carbonyl (C=O) groups is 2. The molecule has 4 rings (SSSR count). The molecular formula is C21H20N2O4S. The number of thioether (sulfide) groups is 1. The summed E-state index contributed by atoms with van der Waals surface area (Å²) >= 11 is 1.06. The van der Waals surface area contributed by atoms with Crippen molar-refractivity contribution in [2.45, 2.75) is 18.2 Å². The number of hydrogen-bond acceptors (Lipinski definition) is 5. The molecule has 1 saturated heterocycles. The average Bonchev–Trinajstić information content (AvgIpc) is 3.25. The predicted molar refractivity (Wildman–Crippen MR) is 109 cm³/mol. The Morgan fingerprint density at radius 3 is 2.61 bits per heavy atom. The van der Waals surface area contributed by atoms with Gasteiger partial charge in [-0.05, 0) is 41.8 Å². The van der Waals surface area contributed by atoms with Gasteiger partial charge in [-0.2, -0.15) is 0 Å². The molecule has 0 bridgehead atoms. The highest BCUT2D eigenvalue weighted by Gasteiger charge is 2.31. The molecule has 2 amide bonds.